The maximum absolute atomic E-state index is 7.21. The average Bonchev–Trinajstić information content (AvgIpc) is 3.84. The van der Waals surface area contributed by atoms with Crippen LogP contribution in [0, 0.1) is 0 Å². The zero-order chi connectivity index (χ0) is 36.3. The van der Waals surface area contributed by atoms with Crippen LogP contribution in [0.1, 0.15) is 0 Å². The number of thiophene rings is 1. The number of fused-ring (bicyclic) bond motifs is 8. The second kappa shape index (κ2) is 12.9. The van der Waals surface area contributed by atoms with Gasteiger partial charge in [0.2, 0.25) is 0 Å². The molecule has 11 aromatic rings. The molecule has 9 aromatic carbocycles. The van der Waals surface area contributed by atoms with Gasteiger partial charge in [-0.15, -0.1) is 11.3 Å². The van der Waals surface area contributed by atoms with Gasteiger partial charge in [-0.05, 0) is 81.1 Å². The van der Waals surface area contributed by atoms with Crippen LogP contribution >= 0.6 is 11.3 Å². The molecule has 0 amide bonds. The normalized spacial score (nSPS) is 11.6. The fourth-order valence-electron chi connectivity index (χ4n) is 8.21. The van der Waals surface area contributed by atoms with Gasteiger partial charge in [-0.3, -0.25) is 0 Å². The highest BCUT2D eigenvalue weighted by molar-refractivity contribution is 7.25. The molecule has 0 unspecified atom stereocenters. The van der Waals surface area contributed by atoms with Crippen molar-refractivity contribution in [3.05, 3.63) is 200 Å². The van der Waals surface area contributed by atoms with E-state index in [-0.39, 0.29) is 0 Å². The van der Waals surface area contributed by atoms with Gasteiger partial charge in [0.25, 0.3) is 0 Å². The summed E-state index contributed by atoms with van der Waals surface area (Å²) in [6.45, 7) is 0. The van der Waals surface area contributed by atoms with Crippen LogP contribution in [-0.4, -0.2) is 0 Å². The predicted molar refractivity (Wildman–Crippen MR) is 235 cm³/mol. The van der Waals surface area contributed by atoms with Crippen molar-refractivity contribution in [3.8, 4) is 33.4 Å². The Kier molecular flexibility index (Phi) is 7.39. The summed E-state index contributed by atoms with van der Waals surface area (Å²) in [6.07, 6.45) is 0. The molecule has 2 nitrogen and oxygen atoms in total. The van der Waals surface area contributed by atoms with Gasteiger partial charge in [0.15, 0.2) is 5.58 Å². The first kappa shape index (κ1) is 31.6. The number of furan rings is 1. The van der Waals surface area contributed by atoms with E-state index >= 15 is 0 Å². The third-order valence-electron chi connectivity index (χ3n) is 10.9. The van der Waals surface area contributed by atoms with Crippen molar-refractivity contribution in [2.45, 2.75) is 0 Å². The molecule has 2 aromatic heterocycles. The summed E-state index contributed by atoms with van der Waals surface area (Å²) in [5, 5.41) is 7.18. The number of para-hydroxylation sites is 1. The standard InChI is InChI=1S/C52H33NOS/c1-3-12-34(13-4-1)36-22-24-38(25-23-36)46-32-39-16-7-8-17-42(39)50-45-19-11-20-47(51(45)54-52(46)50)53(40-28-26-37(27-29-40)35-14-5-2-6-15-35)41-30-31-44-43-18-9-10-21-48(43)55-49(44)33-41/h1-33H. The van der Waals surface area contributed by atoms with Gasteiger partial charge >= 0.3 is 0 Å². The van der Waals surface area contributed by atoms with Gasteiger partial charge in [0.1, 0.15) is 5.58 Å². The number of hydrogen-bond acceptors (Lipinski definition) is 3. The summed E-state index contributed by atoms with van der Waals surface area (Å²) < 4.78 is 9.76. The Labute approximate surface area is 322 Å². The Balaban J connectivity index is 1.14. The Hall–Kier alpha value is -6.94. The lowest BCUT2D eigenvalue weighted by molar-refractivity contribution is 0.670. The van der Waals surface area contributed by atoms with Gasteiger partial charge in [-0.25, -0.2) is 0 Å². The highest BCUT2D eigenvalue weighted by atomic mass is 32.1. The molecule has 11 rings (SSSR count). The molecule has 0 aliphatic rings. The summed E-state index contributed by atoms with van der Waals surface area (Å²) in [5.41, 5.74) is 11.9. The first-order valence-electron chi connectivity index (χ1n) is 18.7. The lowest BCUT2D eigenvalue weighted by Crippen LogP contribution is -2.10. The quantitative estimate of drug-likeness (QED) is 0.170. The first-order chi connectivity index (χ1) is 27.3. The highest BCUT2D eigenvalue weighted by Crippen LogP contribution is 2.47. The van der Waals surface area contributed by atoms with Crippen LogP contribution in [0.4, 0.5) is 17.1 Å². The van der Waals surface area contributed by atoms with Crippen LogP contribution in [0.5, 0.6) is 0 Å². The monoisotopic (exact) mass is 719 g/mol. The minimum absolute atomic E-state index is 0.861. The highest BCUT2D eigenvalue weighted by Gasteiger charge is 2.23. The molecule has 258 valence electrons. The molecular weight excluding hydrogens is 687 g/mol. The molecule has 0 fully saturated rings. The van der Waals surface area contributed by atoms with Gasteiger partial charge in [0, 0.05) is 47.9 Å². The van der Waals surface area contributed by atoms with Gasteiger partial charge in [0.05, 0.1) is 5.69 Å². The molecule has 0 N–H and O–H groups in total. The van der Waals surface area contributed by atoms with Gasteiger partial charge < -0.3 is 9.32 Å². The van der Waals surface area contributed by atoms with Crippen molar-refractivity contribution in [1.82, 2.24) is 0 Å². The largest absolute Gasteiger partial charge is 0.453 e. The minimum Gasteiger partial charge on any atom is -0.453 e. The van der Waals surface area contributed by atoms with Crippen molar-refractivity contribution in [3.63, 3.8) is 0 Å². The molecule has 0 saturated heterocycles. The van der Waals surface area contributed by atoms with Gasteiger partial charge in [-0.2, -0.15) is 0 Å². The van der Waals surface area contributed by atoms with Crippen LogP contribution in [-0.2, 0) is 0 Å². The van der Waals surface area contributed by atoms with Gasteiger partial charge in [-0.1, -0.05) is 158 Å². The lowest BCUT2D eigenvalue weighted by atomic mass is 9.95. The van der Waals surface area contributed by atoms with Crippen LogP contribution < -0.4 is 4.90 Å². The van der Waals surface area contributed by atoms with Crippen LogP contribution in [0.25, 0.3) is 86.3 Å². The molecule has 0 spiro atoms. The van der Waals surface area contributed by atoms with Crippen LogP contribution in [0.3, 0.4) is 0 Å². The Morgan fingerprint density at radius 2 is 0.927 bits per heavy atom. The zero-order valence-electron chi connectivity index (χ0n) is 29.8. The molecule has 0 aliphatic carbocycles. The number of anilines is 3. The predicted octanol–water partition coefficient (Wildman–Crippen LogP) is 15.6. The number of rotatable bonds is 6. The average molecular weight is 720 g/mol. The Morgan fingerprint density at radius 1 is 0.364 bits per heavy atom. The van der Waals surface area contributed by atoms with E-state index in [0.717, 1.165) is 50.1 Å². The van der Waals surface area contributed by atoms with E-state index in [1.807, 2.05) is 11.3 Å². The second-order valence-electron chi connectivity index (χ2n) is 14.1. The van der Waals surface area contributed by atoms with Crippen LogP contribution in [0.2, 0.25) is 0 Å². The van der Waals surface area contributed by atoms with Crippen molar-refractivity contribution < 1.29 is 4.42 Å². The van der Waals surface area contributed by atoms with E-state index in [4.69, 9.17) is 4.42 Å². The Morgan fingerprint density at radius 3 is 1.67 bits per heavy atom. The maximum Gasteiger partial charge on any atom is 0.159 e. The molecule has 0 atom stereocenters. The third-order valence-corrected chi connectivity index (χ3v) is 12.0. The Bertz CT molecular complexity index is 3180. The minimum atomic E-state index is 0.861. The summed E-state index contributed by atoms with van der Waals surface area (Å²) in [5.74, 6) is 0. The molecule has 2 heterocycles. The fourth-order valence-corrected chi connectivity index (χ4v) is 9.35. The van der Waals surface area contributed by atoms with E-state index in [9.17, 15) is 0 Å². The van der Waals surface area contributed by atoms with E-state index in [0.29, 0.717) is 0 Å². The summed E-state index contributed by atoms with van der Waals surface area (Å²) >= 11 is 1.84. The number of hydrogen-bond donors (Lipinski definition) is 0. The van der Waals surface area contributed by atoms with Crippen LogP contribution in [0.15, 0.2) is 205 Å². The smallest absolute Gasteiger partial charge is 0.159 e. The summed E-state index contributed by atoms with van der Waals surface area (Å²) in [4.78, 5) is 2.36. The zero-order valence-corrected chi connectivity index (χ0v) is 30.6. The topological polar surface area (TPSA) is 16.4 Å². The summed E-state index contributed by atoms with van der Waals surface area (Å²) in [7, 11) is 0. The molecular formula is C52H33NOS. The number of nitrogens with zero attached hydrogens (tertiary/aromatic N) is 1. The van der Waals surface area contributed by atoms with Crippen molar-refractivity contribution in [2.24, 2.45) is 0 Å². The lowest BCUT2D eigenvalue weighted by Gasteiger charge is -2.26. The summed E-state index contributed by atoms with van der Waals surface area (Å²) in [6, 6.07) is 72.0. The second-order valence-corrected chi connectivity index (χ2v) is 15.2. The van der Waals surface area contributed by atoms with Crippen molar-refractivity contribution >= 4 is 81.3 Å². The van der Waals surface area contributed by atoms with E-state index in [1.165, 1.54) is 53.2 Å². The van der Waals surface area contributed by atoms with E-state index in [1.54, 1.807) is 0 Å². The number of benzene rings is 9. The van der Waals surface area contributed by atoms with Crippen molar-refractivity contribution in [2.75, 3.05) is 4.90 Å². The first-order valence-corrected chi connectivity index (χ1v) is 19.5. The van der Waals surface area contributed by atoms with E-state index < -0.39 is 0 Å². The molecule has 3 heteroatoms. The molecule has 55 heavy (non-hydrogen) atoms. The fraction of sp³-hybridized carbons (Fsp3) is 0. The molecule has 0 bridgehead atoms. The van der Waals surface area contributed by atoms with E-state index in [2.05, 4.69) is 205 Å². The molecule has 0 aliphatic heterocycles. The molecule has 0 saturated carbocycles. The molecule has 0 radical (unpaired) electrons. The third kappa shape index (κ3) is 5.32. The SMILES string of the molecule is c1ccc(-c2ccc(-c3cc4ccccc4c4c3oc3c(N(c5ccc(-c6ccccc6)cc5)c5ccc6c(c5)sc5ccccc56)cccc34)cc2)cc1. The van der Waals surface area contributed by atoms with Crippen molar-refractivity contribution in [1.29, 1.82) is 0 Å². The maximum atomic E-state index is 7.21.